The molecule has 1 aromatic rings. The Balaban J connectivity index is 2.99. The molecule has 0 heterocycles. The van der Waals surface area contributed by atoms with Gasteiger partial charge >= 0.3 is 0 Å². The molecule has 18 heavy (non-hydrogen) atoms. The zero-order chi connectivity index (χ0) is 13.4. The third kappa shape index (κ3) is 3.77. The van der Waals surface area contributed by atoms with Crippen molar-refractivity contribution < 1.29 is 0 Å². The van der Waals surface area contributed by atoms with Crippen LogP contribution in [0.5, 0.6) is 0 Å². The van der Waals surface area contributed by atoms with E-state index in [1.807, 2.05) is 12.1 Å². The molecule has 0 bridgehead atoms. The Kier molecular flexibility index (Phi) is 6.28. The maximum Gasteiger partial charge on any atom is 0.101 e. The van der Waals surface area contributed by atoms with Crippen LogP contribution in [-0.2, 0) is 0 Å². The first kappa shape index (κ1) is 14.6. The molecule has 98 valence electrons. The summed E-state index contributed by atoms with van der Waals surface area (Å²) in [5.74, 6) is 0. The van der Waals surface area contributed by atoms with E-state index in [1.165, 1.54) is 31.2 Å². The first-order valence-corrected chi connectivity index (χ1v) is 6.99. The molecule has 0 amide bonds. The molecule has 2 nitrogen and oxygen atoms in total. The molecule has 0 N–H and O–H groups in total. The highest BCUT2D eigenvalue weighted by atomic mass is 15.1. The van der Waals surface area contributed by atoms with E-state index in [0.717, 1.165) is 24.3 Å². The second-order valence-corrected chi connectivity index (χ2v) is 4.78. The molecule has 1 rings (SSSR count). The van der Waals surface area contributed by atoms with Gasteiger partial charge < -0.3 is 4.90 Å². The SMILES string of the molecule is CCCCN(CCCC)c1c(C)cccc1C#N. The van der Waals surface area contributed by atoms with E-state index in [1.54, 1.807) is 0 Å². The van der Waals surface area contributed by atoms with Gasteiger partial charge in [-0.1, -0.05) is 38.8 Å². The van der Waals surface area contributed by atoms with Crippen molar-refractivity contribution in [1.82, 2.24) is 0 Å². The molecule has 0 aliphatic heterocycles. The third-order valence-corrected chi connectivity index (χ3v) is 3.24. The van der Waals surface area contributed by atoms with Crippen LogP contribution in [0.4, 0.5) is 5.69 Å². The summed E-state index contributed by atoms with van der Waals surface area (Å²) in [5.41, 5.74) is 3.16. The van der Waals surface area contributed by atoms with Crippen molar-refractivity contribution in [3.8, 4) is 6.07 Å². The number of benzene rings is 1. The Bertz CT molecular complexity index is 396. The highest BCUT2D eigenvalue weighted by Gasteiger charge is 2.12. The van der Waals surface area contributed by atoms with Crippen LogP contribution in [0, 0.1) is 18.3 Å². The zero-order valence-electron chi connectivity index (χ0n) is 11.9. The van der Waals surface area contributed by atoms with Gasteiger partial charge in [-0.25, -0.2) is 0 Å². The van der Waals surface area contributed by atoms with E-state index in [-0.39, 0.29) is 0 Å². The number of aryl methyl sites for hydroxylation is 1. The van der Waals surface area contributed by atoms with Crippen LogP contribution >= 0.6 is 0 Å². The second-order valence-electron chi connectivity index (χ2n) is 4.78. The van der Waals surface area contributed by atoms with E-state index in [2.05, 4.69) is 37.8 Å². The fourth-order valence-electron chi connectivity index (χ4n) is 2.20. The van der Waals surface area contributed by atoms with Gasteiger partial charge in [-0.3, -0.25) is 0 Å². The van der Waals surface area contributed by atoms with Crippen LogP contribution in [-0.4, -0.2) is 13.1 Å². The molecule has 0 spiro atoms. The first-order chi connectivity index (χ1) is 8.74. The Labute approximate surface area is 111 Å². The van der Waals surface area contributed by atoms with Gasteiger partial charge in [0.05, 0.1) is 11.3 Å². The maximum absolute atomic E-state index is 9.27. The van der Waals surface area contributed by atoms with Crippen LogP contribution in [0.3, 0.4) is 0 Å². The second kappa shape index (κ2) is 7.76. The molecule has 2 heteroatoms. The van der Waals surface area contributed by atoms with Gasteiger partial charge in [0.1, 0.15) is 6.07 Å². The van der Waals surface area contributed by atoms with Gasteiger partial charge in [0, 0.05) is 13.1 Å². The summed E-state index contributed by atoms with van der Waals surface area (Å²) in [6, 6.07) is 8.32. The molecule has 0 aliphatic carbocycles. The largest absolute Gasteiger partial charge is 0.370 e. The van der Waals surface area contributed by atoms with Gasteiger partial charge in [-0.2, -0.15) is 5.26 Å². The molecule has 0 radical (unpaired) electrons. The first-order valence-electron chi connectivity index (χ1n) is 6.99. The minimum absolute atomic E-state index is 0.808. The summed E-state index contributed by atoms with van der Waals surface area (Å²) in [7, 11) is 0. The molecular formula is C16H24N2. The van der Waals surface area contributed by atoms with Crippen LogP contribution in [0.2, 0.25) is 0 Å². The lowest BCUT2D eigenvalue weighted by Gasteiger charge is -2.27. The number of nitrogens with zero attached hydrogens (tertiary/aromatic N) is 2. The average molecular weight is 244 g/mol. The highest BCUT2D eigenvalue weighted by Crippen LogP contribution is 2.25. The number of rotatable bonds is 7. The van der Waals surface area contributed by atoms with E-state index in [4.69, 9.17) is 0 Å². The standard InChI is InChI=1S/C16H24N2/c1-4-6-11-18(12-7-5-2)16-14(3)9-8-10-15(16)13-17/h8-10H,4-7,11-12H2,1-3H3. The minimum Gasteiger partial charge on any atom is -0.370 e. The van der Waals surface area contributed by atoms with Crippen LogP contribution in [0.15, 0.2) is 18.2 Å². The van der Waals surface area contributed by atoms with Gasteiger partial charge in [-0.05, 0) is 31.4 Å². The summed E-state index contributed by atoms with van der Waals surface area (Å²) < 4.78 is 0. The van der Waals surface area contributed by atoms with E-state index < -0.39 is 0 Å². The zero-order valence-corrected chi connectivity index (χ0v) is 11.9. The van der Waals surface area contributed by atoms with Crippen molar-refractivity contribution in [2.24, 2.45) is 0 Å². The fraction of sp³-hybridized carbons (Fsp3) is 0.562. The monoisotopic (exact) mass is 244 g/mol. The van der Waals surface area contributed by atoms with E-state index >= 15 is 0 Å². The van der Waals surface area contributed by atoms with Gasteiger partial charge in [0.25, 0.3) is 0 Å². The van der Waals surface area contributed by atoms with Crippen molar-refractivity contribution >= 4 is 5.69 Å². The van der Waals surface area contributed by atoms with Crippen LogP contribution in [0.25, 0.3) is 0 Å². The van der Waals surface area contributed by atoms with Crippen LogP contribution in [0.1, 0.15) is 50.7 Å². The predicted octanol–water partition coefficient (Wildman–Crippen LogP) is 4.27. The van der Waals surface area contributed by atoms with Crippen molar-refractivity contribution in [3.63, 3.8) is 0 Å². The predicted molar refractivity (Wildman–Crippen MR) is 77.9 cm³/mol. The molecule has 0 atom stereocenters. The summed E-state index contributed by atoms with van der Waals surface area (Å²) in [6.07, 6.45) is 4.75. The number of anilines is 1. The summed E-state index contributed by atoms with van der Waals surface area (Å²) >= 11 is 0. The number of unbranched alkanes of at least 4 members (excludes halogenated alkanes) is 2. The normalized spacial score (nSPS) is 10.1. The number of nitriles is 1. The van der Waals surface area contributed by atoms with Gasteiger partial charge in [0.15, 0.2) is 0 Å². The quantitative estimate of drug-likeness (QED) is 0.716. The summed E-state index contributed by atoms with van der Waals surface area (Å²) in [5, 5.41) is 9.27. The molecule has 1 aromatic carbocycles. The molecular weight excluding hydrogens is 220 g/mol. The van der Waals surface area contributed by atoms with Crippen molar-refractivity contribution in [1.29, 1.82) is 5.26 Å². The molecule has 0 saturated heterocycles. The number of hydrogen-bond donors (Lipinski definition) is 0. The lowest BCUT2D eigenvalue weighted by Crippen LogP contribution is -2.27. The van der Waals surface area contributed by atoms with Crippen LogP contribution < -0.4 is 4.90 Å². The molecule has 0 unspecified atom stereocenters. The lowest BCUT2D eigenvalue weighted by atomic mass is 10.1. The average Bonchev–Trinajstić information content (AvgIpc) is 2.39. The van der Waals surface area contributed by atoms with Crippen molar-refractivity contribution in [3.05, 3.63) is 29.3 Å². The fourth-order valence-corrected chi connectivity index (χ4v) is 2.20. The van der Waals surface area contributed by atoms with Crippen molar-refractivity contribution in [2.75, 3.05) is 18.0 Å². The topological polar surface area (TPSA) is 27.0 Å². The Morgan fingerprint density at radius 1 is 1.11 bits per heavy atom. The van der Waals surface area contributed by atoms with Crippen molar-refractivity contribution in [2.45, 2.75) is 46.5 Å². The minimum atomic E-state index is 0.808. The van der Waals surface area contributed by atoms with E-state index in [9.17, 15) is 5.26 Å². The molecule has 0 fully saturated rings. The maximum atomic E-state index is 9.27. The summed E-state index contributed by atoms with van der Waals surface area (Å²) in [4.78, 5) is 2.39. The van der Waals surface area contributed by atoms with E-state index in [0.29, 0.717) is 0 Å². The number of hydrogen-bond acceptors (Lipinski definition) is 2. The highest BCUT2D eigenvalue weighted by molar-refractivity contribution is 5.63. The van der Waals surface area contributed by atoms with Gasteiger partial charge in [-0.15, -0.1) is 0 Å². The lowest BCUT2D eigenvalue weighted by molar-refractivity contribution is 0.676. The molecule has 0 aromatic heterocycles. The summed E-state index contributed by atoms with van der Waals surface area (Å²) in [6.45, 7) is 8.62. The Hall–Kier alpha value is -1.49. The third-order valence-electron chi connectivity index (χ3n) is 3.24. The molecule has 0 aliphatic rings. The van der Waals surface area contributed by atoms with Gasteiger partial charge in [0.2, 0.25) is 0 Å². The smallest absolute Gasteiger partial charge is 0.101 e. The molecule has 0 saturated carbocycles. The Morgan fingerprint density at radius 2 is 1.72 bits per heavy atom. The number of para-hydroxylation sites is 1. The Morgan fingerprint density at radius 3 is 2.22 bits per heavy atom.